The number of halogens is 2. The van der Waals surface area contributed by atoms with E-state index in [1.165, 1.54) is 12.1 Å². The third-order valence-electron chi connectivity index (χ3n) is 2.99. The zero-order valence-corrected chi connectivity index (χ0v) is 13.9. The third kappa shape index (κ3) is 3.77. The lowest BCUT2D eigenvalue weighted by Gasteiger charge is -2.14. The molecule has 0 radical (unpaired) electrons. The molecule has 0 heterocycles. The van der Waals surface area contributed by atoms with Gasteiger partial charge in [0, 0.05) is 10.5 Å². The van der Waals surface area contributed by atoms with Gasteiger partial charge in [-0.15, -0.1) is 0 Å². The van der Waals surface area contributed by atoms with Crippen molar-refractivity contribution in [2.45, 2.75) is 19.8 Å². The molecule has 3 nitrogen and oxygen atoms in total. The van der Waals surface area contributed by atoms with Crippen LogP contribution in [0, 0.1) is 0 Å². The average molecular weight is 370 g/mol. The summed E-state index contributed by atoms with van der Waals surface area (Å²) >= 11 is 9.40. The van der Waals surface area contributed by atoms with Crippen LogP contribution in [0.1, 0.15) is 35.7 Å². The Morgan fingerprint density at radius 3 is 2.52 bits per heavy atom. The van der Waals surface area contributed by atoms with Gasteiger partial charge >= 0.3 is 5.97 Å². The summed E-state index contributed by atoms with van der Waals surface area (Å²) in [6.45, 7) is 4.16. The highest BCUT2D eigenvalue weighted by molar-refractivity contribution is 9.10. The van der Waals surface area contributed by atoms with Gasteiger partial charge in [-0.25, -0.2) is 4.79 Å². The minimum atomic E-state index is -1.06. The predicted molar refractivity (Wildman–Crippen MR) is 86.7 cm³/mol. The molecule has 0 fully saturated rings. The molecule has 2 rings (SSSR count). The van der Waals surface area contributed by atoms with Crippen LogP contribution < -0.4 is 4.74 Å². The van der Waals surface area contributed by atoms with Gasteiger partial charge in [-0.05, 0) is 41.8 Å². The molecule has 0 bridgehead atoms. The van der Waals surface area contributed by atoms with Crippen LogP contribution in [-0.4, -0.2) is 11.1 Å². The average Bonchev–Trinajstić information content (AvgIpc) is 2.40. The van der Waals surface area contributed by atoms with Gasteiger partial charge in [-0.1, -0.05) is 41.4 Å². The maximum absolute atomic E-state index is 10.9. The number of carboxylic acid groups (broad SMARTS) is 1. The number of carboxylic acids is 1. The Hall–Kier alpha value is -1.52. The molecule has 2 aromatic rings. The van der Waals surface area contributed by atoms with E-state index >= 15 is 0 Å². The number of rotatable bonds is 4. The van der Waals surface area contributed by atoms with Crippen LogP contribution in [0.3, 0.4) is 0 Å². The van der Waals surface area contributed by atoms with Crippen molar-refractivity contribution < 1.29 is 14.6 Å². The summed E-state index contributed by atoms with van der Waals surface area (Å²) in [6, 6.07) is 10.3. The molecular formula is C16H14BrClO3. The maximum atomic E-state index is 10.9. The summed E-state index contributed by atoms with van der Waals surface area (Å²) < 4.78 is 6.83. The van der Waals surface area contributed by atoms with Crippen molar-refractivity contribution in [3.8, 4) is 11.5 Å². The topological polar surface area (TPSA) is 46.5 Å². The van der Waals surface area contributed by atoms with Gasteiger partial charge in [0.25, 0.3) is 0 Å². The molecule has 0 aliphatic rings. The highest BCUT2D eigenvalue weighted by atomic mass is 79.9. The van der Waals surface area contributed by atoms with Crippen molar-refractivity contribution in [1.82, 2.24) is 0 Å². The van der Waals surface area contributed by atoms with Gasteiger partial charge in [-0.2, -0.15) is 0 Å². The summed E-state index contributed by atoms with van der Waals surface area (Å²) in [7, 11) is 0. The first-order chi connectivity index (χ1) is 9.88. The lowest BCUT2D eigenvalue weighted by atomic mass is 10.0. The van der Waals surface area contributed by atoms with Gasteiger partial charge in [0.2, 0.25) is 0 Å². The second-order valence-corrected chi connectivity index (χ2v) is 6.21. The second-order valence-electron chi connectivity index (χ2n) is 4.89. The lowest BCUT2D eigenvalue weighted by molar-refractivity contribution is 0.0697. The number of hydrogen-bond donors (Lipinski definition) is 1. The number of hydrogen-bond acceptors (Lipinski definition) is 2. The molecule has 1 N–H and O–H groups in total. The van der Waals surface area contributed by atoms with E-state index in [0.29, 0.717) is 11.7 Å². The molecule has 0 spiro atoms. The second kappa shape index (κ2) is 6.50. The fraction of sp³-hybridized carbons (Fsp3) is 0.188. The molecule has 21 heavy (non-hydrogen) atoms. The molecule has 2 aromatic carbocycles. The summed E-state index contributed by atoms with van der Waals surface area (Å²) in [4.78, 5) is 10.9. The van der Waals surface area contributed by atoms with Crippen molar-refractivity contribution >= 4 is 33.5 Å². The predicted octanol–water partition coefficient (Wildman–Crippen LogP) is 5.72. The van der Waals surface area contributed by atoms with E-state index in [-0.39, 0.29) is 10.6 Å². The normalized spacial score (nSPS) is 10.7. The van der Waals surface area contributed by atoms with E-state index in [9.17, 15) is 4.79 Å². The molecule has 0 saturated heterocycles. The number of ether oxygens (including phenoxy) is 1. The van der Waals surface area contributed by atoms with E-state index in [4.69, 9.17) is 21.4 Å². The van der Waals surface area contributed by atoms with Gasteiger partial charge in [0.05, 0.1) is 10.6 Å². The zero-order chi connectivity index (χ0) is 15.6. The Balaban J connectivity index is 2.34. The molecule has 0 aromatic heterocycles. The van der Waals surface area contributed by atoms with E-state index in [0.717, 1.165) is 15.8 Å². The molecule has 0 atom stereocenters. The molecular weight excluding hydrogens is 356 g/mol. The molecule has 0 unspecified atom stereocenters. The summed E-state index contributed by atoms with van der Waals surface area (Å²) in [5, 5.41) is 9.12. The van der Waals surface area contributed by atoms with Crippen LogP contribution in [0.4, 0.5) is 0 Å². The van der Waals surface area contributed by atoms with Crippen molar-refractivity contribution in [2.24, 2.45) is 0 Å². The van der Waals surface area contributed by atoms with Gasteiger partial charge in [-0.3, -0.25) is 0 Å². The summed E-state index contributed by atoms with van der Waals surface area (Å²) in [5.74, 6) is 0.478. The quantitative estimate of drug-likeness (QED) is 0.750. The van der Waals surface area contributed by atoms with Crippen LogP contribution in [0.5, 0.6) is 11.5 Å². The first-order valence-electron chi connectivity index (χ1n) is 6.38. The molecule has 0 aliphatic carbocycles. The van der Waals surface area contributed by atoms with Crippen molar-refractivity contribution in [1.29, 1.82) is 0 Å². The van der Waals surface area contributed by atoms with Crippen LogP contribution in [-0.2, 0) is 0 Å². The molecule has 0 aliphatic heterocycles. The van der Waals surface area contributed by atoms with Gasteiger partial charge < -0.3 is 9.84 Å². The highest BCUT2D eigenvalue weighted by Crippen LogP contribution is 2.34. The van der Waals surface area contributed by atoms with Crippen molar-refractivity contribution in [3.05, 3.63) is 57.0 Å². The first kappa shape index (κ1) is 15.9. The zero-order valence-electron chi connectivity index (χ0n) is 11.6. The van der Waals surface area contributed by atoms with E-state index in [1.807, 2.05) is 18.2 Å². The van der Waals surface area contributed by atoms with E-state index < -0.39 is 5.97 Å². The minimum absolute atomic E-state index is 0.0592. The SMILES string of the molecule is CC(C)c1cc(Br)ccc1Oc1ccc(C(=O)O)c(Cl)c1. The lowest BCUT2D eigenvalue weighted by Crippen LogP contribution is -1.98. The Kier molecular flexibility index (Phi) is 4.91. The van der Waals surface area contributed by atoms with Gasteiger partial charge in [0.1, 0.15) is 11.5 Å². The van der Waals surface area contributed by atoms with Crippen LogP contribution in [0.15, 0.2) is 40.9 Å². The molecule has 110 valence electrons. The van der Waals surface area contributed by atoms with Crippen molar-refractivity contribution in [2.75, 3.05) is 0 Å². The Bertz CT molecular complexity index is 683. The largest absolute Gasteiger partial charge is 0.478 e. The van der Waals surface area contributed by atoms with Crippen LogP contribution in [0.25, 0.3) is 0 Å². The van der Waals surface area contributed by atoms with E-state index in [2.05, 4.69) is 29.8 Å². The number of carbonyl (C=O) groups is 1. The fourth-order valence-electron chi connectivity index (χ4n) is 1.92. The standard InChI is InChI=1S/C16H14BrClO3/c1-9(2)13-7-10(17)3-6-15(13)21-11-4-5-12(16(19)20)14(18)8-11/h3-9H,1-2H3,(H,19,20). The summed E-state index contributed by atoms with van der Waals surface area (Å²) in [5.41, 5.74) is 1.12. The fourth-order valence-corrected chi connectivity index (χ4v) is 2.55. The summed E-state index contributed by atoms with van der Waals surface area (Å²) in [6.07, 6.45) is 0. The molecule has 5 heteroatoms. The maximum Gasteiger partial charge on any atom is 0.337 e. The Labute approximate surface area is 136 Å². The van der Waals surface area contributed by atoms with Crippen LogP contribution >= 0.6 is 27.5 Å². The highest BCUT2D eigenvalue weighted by Gasteiger charge is 2.12. The number of aromatic carboxylic acids is 1. The third-order valence-corrected chi connectivity index (χ3v) is 3.80. The molecule has 0 saturated carbocycles. The van der Waals surface area contributed by atoms with Gasteiger partial charge in [0.15, 0.2) is 0 Å². The van der Waals surface area contributed by atoms with E-state index in [1.54, 1.807) is 6.07 Å². The van der Waals surface area contributed by atoms with Crippen molar-refractivity contribution in [3.63, 3.8) is 0 Å². The van der Waals surface area contributed by atoms with Crippen LogP contribution in [0.2, 0.25) is 5.02 Å². The minimum Gasteiger partial charge on any atom is -0.478 e. The monoisotopic (exact) mass is 368 g/mol. The Morgan fingerprint density at radius 2 is 1.95 bits per heavy atom. The smallest absolute Gasteiger partial charge is 0.337 e. The number of benzene rings is 2. The molecule has 0 amide bonds. The first-order valence-corrected chi connectivity index (χ1v) is 7.55. The Morgan fingerprint density at radius 1 is 1.24 bits per heavy atom.